The van der Waals surface area contributed by atoms with E-state index >= 15 is 0 Å². The summed E-state index contributed by atoms with van der Waals surface area (Å²) >= 11 is 0. The minimum absolute atomic E-state index is 0.190. The molecule has 0 aliphatic heterocycles. The number of nitrogens with one attached hydrogen (secondary N) is 1. The zero-order chi connectivity index (χ0) is 21.1. The lowest BCUT2D eigenvalue weighted by atomic mass is 10.0. The number of hydrogen-bond donors (Lipinski definition) is 1. The van der Waals surface area contributed by atoms with Crippen LogP contribution in [0.2, 0.25) is 0 Å². The molecule has 3 nitrogen and oxygen atoms in total. The Bertz CT molecular complexity index is 958. The van der Waals surface area contributed by atoms with Crippen LogP contribution in [0.1, 0.15) is 34.5 Å². The molecule has 0 amide bonds. The molecule has 0 aliphatic carbocycles. The summed E-state index contributed by atoms with van der Waals surface area (Å²) in [7, 11) is 0. The van der Waals surface area contributed by atoms with Gasteiger partial charge < -0.3 is 5.32 Å². The van der Waals surface area contributed by atoms with E-state index in [1.165, 1.54) is 18.2 Å². The fraction of sp³-hybridized carbons (Fsp3) is 0.158. The van der Waals surface area contributed by atoms with Gasteiger partial charge in [-0.25, -0.2) is 13.2 Å². The van der Waals surface area contributed by atoms with Gasteiger partial charge in [0.15, 0.2) is 11.6 Å². The van der Waals surface area contributed by atoms with Crippen LogP contribution in [0.5, 0.6) is 0 Å². The van der Waals surface area contributed by atoms with Crippen LogP contribution in [0.4, 0.5) is 26.3 Å². The molecule has 28 heavy (non-hydrogen) atoms. The molecule has 2 aromatic carbocycles. The molecule has 1 unspecified atom stereocenters. The number of benzene rings is 2. The van der Waals surface area contributed by atoms with Crippen molar-refractivity contribution in [3.05, 3.63) is 82.3 Å². The Kier molecular flexibility index (Phi) is 6.13. The second-order valence-electron chi connectivity index (χ2n) is 5.75. The zero-order valence-corrected chi connectivity index (χ0v) is 14.2. The van der Waals surface area contributed by atoms with Gasteiger partial charge in [-0.05, 0) is 30.7 Å². The molecule has 0 saturated carbocycles. The highest BCUT2D eigenvalue weighted by atomic mass is 19.4. The van der Waals surface area contributed by atoms with E-state index in [1.54, 1.807) is 6.92 Å². The smallest absolute Gasteiger partial charge is 0.383 e. The summed E-state index contributed by atoms with van der Waals surface area (Å²) in [6, 6.07) is 5.64. The first kappa shape index (κ1) is 21.0. The first-order valence-corrected chi connectivity index (χ1v) is 7.77. The zero-order valence-electron chi connectivity index (χ0n) is 14.2. The van der Waals surface area contributed by atoms with Crippen molar-refractivity contribution in [1.82, 2.24) is 5.32 Å². The summed E-state index contributed by atoms with van der Waals surface area (Å²) in [6.45, 7) is 1.55. The van der Waals surface area contributed by atoms with Gasteiger partial charge in [0.2, 0.25) is 5.78 Å². The average Bonchev–Trinajstić information content (AvgIpc) is 2.64. The molecular formula is C19H12F6N2O. The van der Waals surface area contributed by atoms with Crippen molar-refractivity contribution in [1.29, 1.82) is 5.26 Å². The number of carbonyl (C=O) groups excluding carboxylic acids is 1. The molecule has 0 spiro atoms. The standard InChI is InChI=1S/C19H12F6N2O/c1-10(11-2-4-13(5-3-11)19(23,24)25)27-9-12(8-26)18(28)14-6-16(21)17(22)7-15(14)20/h2-7,9-10,27H,1H3/b12-9+. The van der Waals surface area contributed by atoms with Gasteiger partial charge in [-0.1, -0.05) is 12.1 Å². The van der Waals surface area contributed by atoms with Crippen molar-refractivity contribution in [2.45, 2.75) is 19.1 Å². The van der Waals surface area contributed by atoms with E-state index in [4.69, 9.17) is 5.26 Å². The van der Waals surface area contributed by atoms with Crippen LogP contribution < -0.4 is 5.32 Å². The Morgan fingerprint density at radius 3 is 2.18 bits per heavy atom. The lowest BCUT2D eigenvalue weighted by Crippen LogP contribution is -2.16. The highest BCUT2D eigenvalue weighted by molar-refractivity contribution is 6.11. The number of nitrogens with zero attached hydrogens (tertiary/aromatic N) is 1. The highest BCUT2D eigenvalue weighted by Gasteiger charge is 2.30. The number of ketones is 1. The predicted octanol–water partition coefficient (Wildman–Crippen LogP) is 5.06. The molecule has 9 heteroatoms. The van der Waals surface area contributed by atoms with Crippen LogP contribution in [0.15, 0.2) is 48.2 Å². The predicted molar refractivity (Wildman–Crippen MR) is 87.3 cm³/mol. The van der Waals surface area contributed by atoms with Gasteiger partial charge in [0.25, 0.3) is 0 Å². The van der Waals surface area contributed by atoms with Crippen LogP contribution >= 0.6 is 0 Å². The minimum Gasteiger partial charge on any atom is -0.383 e. The summed E-state index contributed by atoms with van der Waals surface area (Å²) in [5.74, 6) is -5.44. The van der Waals surface area contributed by atoms with Gasteiger partial charge in [0.05, 0.1) is 11.1 Å². The number of allylic oxidation sites excluding steroid dienone is 1. The third-order valence-corrected chi connectivity index (χ3v) is 3.84. The Morgan fingerprint density at radius 1 is 1.07 bits per heavy atom. The monoisotopic (exact) mass is 398 g/mol. The van der Waals surface area contributed by atoms with E-state index in [0.29, 0.717) is 11.6 Å². The topological polar surface area (TPSA) is 52.9 Å². The summed E-state index contributed by atoms with van der Waals surface area (Å²) in [4.78, 5) is 12.2. The van der Waals surface area contributed by atoms with Gasteiger partial charge >= 0.3 is 6.18 Å². The average molecular weight is 398 g/mol. The van der Waals surface area contributed by atoms with E-state index in [0.717, 1.165) is 18.3 Å². The molecule has 0 bridgehead atoms. The lowest BCUT2D eigenvalue weighted by Gasteiger charge is -2.14. The van der Waals surface area contributed by atoms with Crippen molar-refractivity contribution >= 4 is 5.78 Å². The molecule has 146 valence electrons. The van der Waals surface area contributed by atoms with Gasteiger partial charge in [0.1, 0.15) is 17.5 Å². The van der Waals surface area contributed by atoms with Gasteiger partial charge in [-0.2, -0.15) is 18.4 Å². The molecule has 0 radical (unpaired) electrons. The number of halogens is 6. The minimum atomic E-state index is -4.48. The maximum absolute atomic E-state index is 13.7. The number of Topliss-reactive ketones (excluding diaryl/α,β-unsaturated/α-hetero) is 1. The molecule has 2 aromatic rings. The largest absolute Gasteiger partial charge is 0.416 e. The maximum atomic E-state index is 13.7. The third kappa shape index (κ3) is 4.71. The Hall–Kier alpha value is -3.28. The van der Waals surface area contributed by atoms with E-state index in [-0.39, 0.29) is 6.07 Å². The van der Waals surface area contributed by atoms with Crippen LogP contribution in [-0.2, 0) is 6.18 Å². The number of alkyl halides is 3. The molecular weight excluding hydrogens is 386 g/mol. The van der Waals surface area contributed by atoms with Crippen molar-refractivity contribution in [2.24, 2.45) is 0 Å². The number of rotatable bonds is 5. The van der Waals surface area contributed by atoms with E-state index in [9.17, 15) is 31.1 Å². The molecule has 0 aromatic heterocycles. The normalized spacial score (nSPS) is 13.0. The third-order valence-electron chi connectivity index (χ3n) is 3.84. The Labute approximate surface area is 155 Å². The summed E-state index contributed by atoms with van der Waals surface area (Å²) < 4.78 is 77.6. The first-order valence-electron chi connectivity index (χ1n) is 7.77. The number of hydrogen-bond acceptors (Lipinski definition) is 3. The van der Waals surface area contributed by atoms with Crippen molar-refractivity contribution in [3.8, 4) is 6.07 Å². The van der Waals surface area contributed by atoms with E-state index in [1.807, 2.05) is 0 Å². The Morgan fingerprint density at radius 2 is 1.64 bits per heavy atom. The van der Waals surface area contributed by atoms with Crippen LogP contribution in [0, 0.1) is 28.8 Å². The first-order chi connectivity index (χ1) is 13.0. The second kappa shape index (κ2) is 8.17. The molecule has 0 aliphatic rings. The highest BCUT2D eigenvalue weighted by Crippen LogP contribution is 2.30. The lowest BCUT2D eigenvalue weighted by molar-refractivity contribution is -0.137. The SMILES string of the molecule is CC(N/C=C(\C#N)C(=O)c1cc(F)c(F)cc1F)c1ccc(C(F)(F)F)cc1. The van der Waals surface area contributed by atoms with Crippen molar-refractivity contribution in [3.63, 3.8) is 0 Å². The van der Waals surface area contributed by atoms with Crippen molar-refractivity contribution in [2.75, 3.05) is 0 Å². The van der Waals surface area contributed by atoms with Crippen LogP contribution in [0.25, 0.3) is 0 Å². The quantitative estimate of drug-likeness (QED) is 0.252. The summed E-state index contributed by atoms with van der Waals surface area (Å²) in [5.41, 5.74) is -1.83. The van der Waals surface area contributed by atoms with Gasteiger partial charge in [-0.3, -0.25) is 4.79 Å². The second-order valence-corrected chi connectivity index (χ2v) is 5.75. The Balaban J connectivity index is 2.20. The summed E-state index contributed by atoms with van der Waals surface area (Å²) in [5, 5.41) is 11.7. The van der Waals surface area contributed by atoms with E-state index in [2.05, 4.69) is 5.32 Å². The van der Waals surface area contributed by atoms with Crippen LogP contribution in [0.3, 0.4) is 0 Å². The molecule has 0 heterocycles. The summed E-state index contributed by atoms with van der Waals surface area (Å²) in [6.07, 6.45) is -3.55. The fourth-order valence-electron chi connectivity index (χ4n) is 2.26. The molecule has 0 fully saturated rings. The molecule has 1 atom stereocenters. The van der Waals surface area contributed by atoms with Gasteiger partial charge in [0, 0.05) is 18.3 Å². The molecule has 2 rings (SSSR count). The maximum Gasteiger partial charge on any atom is 0.416 e. The van der Waals surface area contributed by atoms with Crippen molar-refractivity contribution < 1.29 is 31.1 Å². The number of carbonyl (C=O) groups is 1. The number of nitriles is 1. The molecule has 0 saturated heterocycles. The van der Waals surface area contributed by atoms with Crippen LogP contribution in [-0.4, -0.2) is 5.78 Å². The molecule has 1 N–H and O–H groups in total. The fourth-order valence-corrected chi connectivity index (χ4v) is 2.26. The van der Waals surface area contributed by atoms with E-state index < -0.39 is 52.2 Å². The van der Waals surface area contributed by atoms with Gasteiger partial charge in [-0.15, -0.1) is 0 Å².